The molecule has 2 atom stereocenters. The van der Waals surface area contributed by atoms with Crippen LogP contribution >= 0.6 is 15.9 Å². The quantitative estimate of drug-likeness (QED) is 0.864. The van der Waals surface area contributed by atoms with E-state index in [1.54, 1.807) is 12.1 Å². The van der Waals surface area contributed by atoms with Crippen LogP contribution in [0.5, 0.6) is 5.75 Å². The first-order valence-corrected chi connectivity index (χ1v) is 7.70. The molecule has 0 spiro atoms. The van der Waals surface area contributed by atoms with Gasteiger partial charge in [0.1, 0.15) is 5.75 Å². The lowest BCUT2D eigenvalue weighted by atomic mass is 10.1. The molecule has 1 fully saturated rings. The van der Waals surface area contributed by atoms with Crippen molar-refractivity contribution in [1.29, 1.82) is 0 Å². The Bertz CT molecular complexity index is 448. The number of halogens is 1. The van der Waals surface area contributed by atoms with Crippen molar-refractivity contribution in [3.8, 4) is 5.75 Å². The Balaban J connectivity index is 2.01. The van der Waals surface area contributed by atoms with Gasteiger partial charge in [0.25, 0.3) is 0 Å². The van der Waals surface area contributed by atoms with Crippen molar-refractivity contribution in [3.05, 3.63) is 29.8 Å². The lowest BCUT2D eigenvalue weighted by molar-refractivity contribution is -0.131. The van der Waals surface area contributed by atoms with E-state index in [2.05, 4.69) is 22.9 Å². The van der Waals surface area contributed by atoms with Crippen LogP contribution in [0, 0.1) is 0 Å². The third-order valence-electron chi connectivity index (χ3n) is 3.63. The minimum atomic E-state index is 0.122. The van der Waals surface area contributed by atoms with Crippen molar-refractivity contribution in [3.63, 3.8) is 0 Å². The fourth-order valence-corrected chi connectivity index (χ4v) is 3.14. The number of aromatic hydroxyl groups is 1. The van der Waals surface area contributed by atoms with Gasteiger partial charge in [-0.2, -0.15) is 0 Å². The molecular weight excluding hydrogens is 306 g/mol. The van der Waals surface area contributed by atoms with E-state index in [0.717, 1.165) is 25.8 Å². The summed E-state index contributed by atoms with van der Waals surface area (Å²) in [7, 11) is 0. The minimum absolute atomic E-state index is 0.122. The van der Waals surface area contributed by atoms with Gasteiger partial charge in [-0.15, -0.1) is 0 Å². The molecule has 1 heterocycles. The van der Waals surface area contributed by atoms with E-state index < -0.39 is 0 Å². The maximum Gasteiger partial charge on any atom is 0.227 e. The highest BCUT2D eigenvalue weighted by Gasteiger charge is 2.29. The Kier molecular flexibility index (Phi) is 4.86. The number of carbonyl (C=O) groups is 1. The molecule has 2 rings (SSSR count). The van der Waals surface area contributed by atoms with Gasteiger partial charge >= 0.3 is 0 Å². The molecule has 2 unspecified atom stereocenters. The van der Waals surface area contributed by atoms with Crippen LogP contribution in [0.25, 0.3) is 0 Å². The van der Waals surface area contributed by atoms with Crippen molar-refractivity contribution in [1.82, 2.24) is 4.90 Å². The number of rotatable bonds is 4. The number of carbonyl (C=O) groups excluding carboxylic acids is 1. The van der Waals surface area contributed by atoms with Crippen LogP contribution in [0.4, 0.5) is 0 Å². The number of benzene rings is 1. The molecule has 0 aliphatic carbocycles. The molecule has 1 aliphatic heterocycles. The lowest BCUT2D eigenvalue weighted by Gasteiger charge is -2.26. The molecule has 1 aliphatic rings. The monoisotopic (exact) mass is 325 g/mol. The van der Waals surface area contributed by atoms with Crippen molar-refractivity contribution in [2.45, 2.75) is 43.5 Å². The second-order valence-electron chi connectivity index (χ2n) is 5.21. The molecule has 1 saturated heterocycles. The number of alkyl halides is 1. The normalized spacial score (nSPS) is 20.5. The summed E-state index contributed by atoms with van der Waals surface area (Å²) in [4.78, 5) is 14.8. The third-order valence-corrected chi connectivity index (χ3v) is 4.00. The number of likely N-dealkylation sites (tertiary alicyclic amines) is 1. The van der Waals surface area contributed by atoms with E-state index >= 15 is 0 Å². The molecule has 19 heavy (non-hydrogen) atoms. The molecule has 0 aromatic heterocycles. The number of phenols is 1. The van der Waals surface area contributed by atoms with Gasteiger partial charge in [-0.25, -0.2) is 0 Å². The summed E-state index contributed by atoms with van der Waals surface area (Å²) in [5, 5.41) is 9.74. The Hall–Kier alpha value is -1.03. The summed E-state index contributed by atoms with van der Waals surface area (Å²) in [5.41, 5.74) is 0.713. The van der Waals surface area contributed by atoms with E-state index in [0.29, 0.717) is 22.9 Å². The standard InChI is InChI=1S/C15H20BrNO2/c1-11(16)9-13-6-4-8-17(13)15(19)10-12-5-2-3-7-14(12)18/h2-3,5,7,11,13,18H,4,6,8-10H2,1H3. The molecule has 4 heteroatoms. The van der Waals surface area contributed by atoms with Crippen LogP contribution in [0.15, 0.2) is 24.3 Å². The Labute approximate surface area is 122 Å². The summed E-state index contributed by atoms with van der Waals surface area (Å²) in [6.07, 6.45) is 3.45. The highest BCUT2D eigenvalue weighted by atomic mass is 79.9. The fraction of sp³-hybridized carbons (Fsp3) is 0.533. The first-order chi connectivity index (χ1) is 9.08. The van der Waals surface area contributed by atoms with Crippen LogP contribution in [0.3, 0.4) is 0 Å². The largest absolute Gasteiger partial charge is 0.508 e. The molecule has 104 valence electrons. The van der Waals surface area contributed by atoms with Crippen molar-refractivity contribution in [2.24, 2.45) is 0 Å². The fourth-order valence-electron chi connectivity index (χ4n) is 2.71. The van der Waals surface area contributed by atoms with Crippen LogP contribution < -0.4 is 0 Å². The minimum Gasteiger partial charge on any atom is -0.508 e. The van der Waals surface area contributed by atoms with E-state index in [9.17, 15) is 9.90 Å². The van der Waals surface area contributed by atoms with E-state index in [1.807, 2.05) is 17.0 Å². The molecule has 1 aromatic carbocycles. The van der Waals surface area contributed by atoms with Crippen LogP contribution in [-0.4, -0.2) is 33.3 Å². The van der Waals surface area contributed by atoms with Crippen LogP contribution in [0.1, 0.15) is 31.7 Å². The topological polar surface area (TPSA) is 40.5 Å². The van der Waals surface area contributed by atoms with Gasteiger partial charge in [0.15, 0.2) is 0 Å². The molecule has 0 radical (unpaired) electrons. The lowest BCUT2D eigenvalue weighted by Crippen LogP contribution is -2.37. The number of amides is 1. The summed E-state index contributed by atoms with van der Waals surface area (Å²) < 4.78 is 0. The molecule has 0 bridgehead atoms. The van der Waals surface area contributed by atoms with Gasteiger partial charge in [-0.05, 0) is 25.3 Å². The second kappa shape index (κ2) is 6.42. The van der Waals surface area contributed by atoms with E-state index in [1.165, 1.54) is 0 Å². The smallest absolute Gasteiger partial charge is 0.227 e. The molecule has 1 aromatic rings. The van der Waals surface area contributed by atoms with E-state index in [4.69, 9.17) is 0 Å². The molecule has 1 N–H and O–H groups in total. The van der Waals surface area contributed by atoms with Gasteiger partial charge in [0.05, 0.1) is 6.42 Å². The maximum atomic E-state index is 12.4. The summed E-state index contributed by atoms with van der Waals surface area (Å²) >= 11 is 3.56. The zero-order valence-electron chi connectivity index (χ0n) is 11.2. The summed E-state index contributed by atoms with van der Waals surface area (Å²) in [5.74, 6) is 0.331. The van der Waals surface area contributed by atoms with Crippen molar-refractivity contribution in [2.75, 3.05) is 6.54 Å². The number of phenolic OH excluding ortho intramolecular Hbond substituents is 1. The van der Waals surface area contributed by atoms with Gasteiger partial charge in [-0.3, -0.25) is 4.79 Å². The van der Waals surface area contributed by atoms with Crippen LogP contribution in [0.2, 0.25) is 0 Å². The molecule has 3 nitrogen and oxygen atoms in total. The number of hydrogen-bond donors (Lipinski definition) is 1. The summed E-state index contributed by atoms with van der Waals surface area (Å²) in [6.45, 7) is 2.96. The van der Waals surface area contributed by atoms with Crippen molar-refractivity contribution >= 4 is 21.8 Å². The number of hydrogen-bond acceptors (Lipinski definition) is 2. The average molecular weight is 326 g/mol. The number of nitrogens with zero attached hydrogens (tertiary/aromatic N) is 1. The highest BCUT2D eigenvalue weighted by Crippen LogP contribution is 2.25. The van der Waals surface area contributed by atoms with Gasteiger partial charge < -0.3 is 10.0 Å². The molecule has 1 amide bonds. The van der Waals surface area contributed by atoms with E-state index in [-0.39, 0.29) is 11.7 Å². The van der Waals surface area contributed by atoms with Gasteiger partial charge in [0, 0.05) is 23.0 Å². The van der Waals surface area contributed by atoms with Gasteiger partial charge in [-0.1, -0.05) is 41.1 Å². The predicted molar refractivity (Wildman–Crippen MR) is 79.6 cm³/mol. The molecular formula is C15H20BrNO2. The zero-order chi connectivity index (χ0) is 13.8. The third kappa shape index (κ3) is 3.72. The number of para-hydroxylation sites is 1. The van der Waals surface area contributed by atoms with Gasteiger partial charge in [0.2, 0.25) is 5.91 Å². The first-order valence-electron chi connectivity index (χ1n) is 6.78. The Morgan fingerprint density at radius 2 is 2.26 bits per heavy atom. The van der Waals surface area contributed by atoms with Crippen molar-refractivity contribution < 1.29 is 9.90 Å². The predicted octanol–water partition coefficient (Wildman–Crippen LogP) is 3.10. The maximum absolute atomic E-state index is 12.4. The zero-order valence-corrected chi connectivity index (χ0v) is 12.8. The second-order valence-corrected chi connectivity index (χ2v) is 6.77. The summed E-state index contributed by atoms with van der Waals surface area (Å²) in [6, 6.07) is 7.40. The highest BCUT2D eigenvalue weighted by molar-refractivity contribution is 9.09. The van der Waals surface area contributed by atoms with Crippen LogP contribution in [-0.2, 0) is 11.2 Å². The Morgan fingerprint density at radius 3 is 2.95 bits per heavy atom. The Morgan fingerprint density at radius 1 is 1.53 bits per heavy atom. The average Bonchev–Trinajstić information content (AvgIpc) is 2.79. The molecule has 0 saturated carbocycles. The first kappa shape index (κ1) is 14.4. The SMILES string of the molecule is CC(Br)CC1CCCN1C(=O)Cc1ccccc1O.